The number of hydrogen-bond acceptors (Lipinski definition) is 6. The largest absolute Gasteiger partial charge is 0.497 e. The molecule has 0 aromatic heterocycles. The molecule has 0 spiro atoms. The van der Waals surface area contributed by atoms with E-state index in [1.165, 1.54) is 4.90 Å². The Morgan fingerprint density at radius 1 is 1.06 bits per heavy atom. The van der Waals surface area contributed by atoms with Crippen LogP contribution in [0.2, 0.25) is 5.02 Å². The van der Waals surface area contributed by atoms with Crippen molar-refractivity contribution < 1.29 is 19.1 Å². The van der Waals surface area contributed by atoms with Gasteiger partial charge in [-0.15, -0.1) is 0 Å². The van der Waals surface area contributed by atoms with E-state index in [-0.39, 0.29) is 30.7 Å². The molecule has 2 saturated heterocycles. The van der Waals surface area contributed by atoms with Crippen LogP contribution in [0.5, 0.6) is 5.75 Å². The summed E-state index contributed by atoms with van der Waals surface area (Å²) in [7, 11) is 1.65. The molecule has 3 amide bonds. The lowest BCUT2D eigenvalue weighted by Crippen LogP contribution is -2.60. The van der Waals surface area contributed by atoms with Gasteiger partial charge in [0, 0.05) is 45.0 Å². The van der Waals surface area contributed by atoms with Crippen molar-refractivity contribution in [2.24, 2.45) is 0 Å². The molecule has 0 aliphatic carbocycles. The zero-order valence-corrected chi connectivity index (χ0v) is 20.5. The van der Waals surface area contributed by atoms with Crippen LogP contribution in [0.15, 0.2) is 48.5 Å². The summed E-state index contributed by atoms with van der Waals surface area (Å²) in [6.07, 6.45) is -0.131. The van der Waals surface area contributed by atoms with E-state index in [4.69, 9.17) is 16.3 Å². The smallest absolute Gasteiger partial charge is 0.243 e. The van der Waals surface area contributed by atoms with Crippen LogP contribution in [0.3, 0.4) is 0 Å². The lowest BCUT2D eigenvalue weighted by atomic mass is 10.1. The van der Waals surface area contributed by atoms with Crippen LogP contribution in [-0.4, -0.2) is 86.5 Å². The predicted octanol–water partition coefficient (Wildman–Crippen LogP) is 1.83. The third kappa shape index (κ3) is 6.23. The number of rotatable bonds is 7. The Morgan fingerprint density at radius 3 is 2.46 bits per heavy atom. The second kappa shape index (κ2) is 11.4. The highest BCUT2D eigenvalue weighted by Crippen LogP contribution is 2.22. The van der Waals surface area contributed by atoms with Crippen LogP contribution in [-0.2, 0) is 14.4 Å². The highest BCUT2D eigenvalue weighted by atomic mass is 35.5. The summed E-state index contributed by atoms with van der Waals surface area (Å²) >= 11 is 6.12. The summed E-state index contributed by atoms with van der Waals surface area (Å²) in [5.74, 6) is -0.0127. The van der Waals surface area contributed by atoms with Gasteiger partial charge in [-0.25, -0.2) is 0 Å². The Bertz CT molecular complexity index is 1060. The Kier molecular flexibility index (Phi) is 8.09. The molecule has 2 aromatic carbocycles. The summed E-state index contributed by atoms with van der Waals surface area (Å²) in [5.41, 5.74) is 1.59. The van der Waals surface area contributed by atoms with Crippen molar-refractivity contribution in [3.63, 3.8) is 0 Å². The first-order valence-electron chi connectivity index (χ1n) is 11.7. The molecule has 4 rings (SSSR count). The Labute approximate surface area is 210 Å². The maximum absolute atomic E-state index is 13.2. The van der Waals surface area contributed by atoms with Gasteiger partial charge in [0.05, 0.1) is 30.8 Å². The Balaban J connectivity index is 1.32. The number of hydrogen-bond donors (Lipinski definition) is 2. The fourth-order valence-corrected chi connectivity index (χ4v) is 4.58. The maximum Gasteiger partial charge on any atom is 0.243 e. The molecule has 0 radical (unpaired) electrons. The molecule has 2 fully saturated rings. The van der Waals surface area contributed by atoms with Gasteiger partial charge in [-0.3, -0.25) is 19.3 Å². The second-order valence-corrected chi connectivity index (χ2v) is 8.99. The molecule has 35 heavy (non-hydrogen) atoms. The number of nitrogens with zero attached hydrogens (tertiary/aromatic N) is 3. The van der Waals surface area contributed by atoms with E-state index in [1.807, 2.05) is 24.3 Å². The van der Waals surface area contributed by atoms with Gasteiger partial charge in [0.2, 0.25) is 17.7 Å². The van der Waals surface area contributed by atoms with Crippen LogP contribution < -0.4 is 20.3 Å². The van der Waals surface area contributed by atoms with Gasteiger partial charge in [-0.05, 0) is 36.4 Å². The van der Waals surface area contributed by atoms with Crippen molar-refractivity contribution in [1.82, 2.24) is 15.1 Å². The first-order valence-corrected chi connectivity index (χ1v) is 12.1. The topological polar surface area (TPSA) is 94.2 Å². The first-order chi connectivity index (χ1) is 16.9. The minimum absolute atomic E-state index is 0.131. The minimum Gasteiger partial charge on any atom is -0.497 e. The summed E-state index contributed by atoms with van der Waals surface area (Å²) in [5, 5.41) is 5.91. The van der Waals surface area contributed by atoms with E-state index in [1.54, 1.807) is 31.4 Å². The highest BCUT2D eigenvalue weighted by molar-refractivity contribution is 6.33. The van der Waals surface area contributed by atoms with Crippen LogP contribution in [0, 0.1) is 0 Å². The van der Waals surface area contributed by atoms with Crippen LogP contribution in [0.1, 0.15) is 6.42 Å². The van der Waals surface area contributed by atoms with Crippen molar-refractivity contribution in [3.05, 3.63) is 53.6 Å². The Morgan fingerprint density at radius 2 is 1.77 bits per heavy atom. The third-order valence-corrected chi connectivity index (χ3v) is 6.68. The fraction of sp³-hybridized carbons (Fsp3) is 0.400. The van der Waals surface area contributed by atoms with Gasteiger partial charge in [-0.2, -0.15) is 0 Å². The number of amides is 3. The second-order valence-electron chi connectivity index (χ2n) is 8.59. The number of halogens is 1. The zero-order chi connectivity index (χ0) is 24.8. The number of nitrogens with one attached hydrogen (secondary N) is 2. The average molecular weight is 500 g/mol. The van der Waals surface area contributed by atoms with Gasteiger partial charge < -0.3 is 25.2 Å². The summed E-state index contributed by atoms with van der Waals surface area (Å²) < 4.78 is 5.22. The monoisotopic (exact) mass is 499 g/mol. The molecule has 10 heteroatoms. The number of ether oxygens (including phenoxy) is 1. The van der Waals surface area contributed by atoms with Crippen LogP contribution in [0.4, 0.5) is 11.4 Å². The van der Waals surface area contributed by atoms with E-state index in [2.05, 4.69) is 20.4 Å². The predicted molar refractivity (Wildman–Crippen MR) is 135 cm³/mol. The van der Waals surface area contributed by atoms with E-state index >= 15 is 0 Å². The zero-order valence-electron chi connectivity index (χ0n) is 19.7. The summed E-state index contributed by atoms with van der Waals surface area (Å²) in [6, 6.07) is 14.0. The van der Waals surface area contributed by atoms with Crippen molar-refractivity contribution in [3.8, 4) is 5.75 Å². The van der Waals surface area contributed by atoms with E-state index in [0.717, 1.165) is 37.6 Å². The molecule has 186 valence electrons. The maximum atomic E-state index is 13.2. The molecular formula is C25H30ClN5O4. The molecule has 2 aromatic rings. The normalized spacial score (nSPS) is 18.7. The minimum atomic E-state index is -0.848. The molecule has 0 saturated carbocycles. The van der Waals surface area contributed by atoms with Gasteiger partial charge in [-0.1, -0.05) is 23.7 Å². The number of benzene rings is 2. The molecule has 0 unspecified atom stereocenters. The molecular weight excluding hydrogens is 470 g/mol. The lowest BCUT2D eigenvalue weighted by molar-refractivity contribution is -0.145. The van der Waals surface area contributed by atoms with Crippen molar-refractivity contribution in [2.45, 2.75) is 12.5 Å². The van der Waals surface area contributed by atoms with Crippen molar-refractivity contribution in [1.29, 1.82) is 0 Å². The molecule has 1 atom stereocenters. The quantitative estimate of drug-likeness (QED) is 0.603. The summed E-state index contributed by atoms with van der Waals surface area (Å²) in [4.78, 5) is 44.3. The van der Waals surface area contributed by atoms with Gasteiger partial charge >= 0.3 is 0 Å². The number of methoxy groups -OCH3 is 1. The number of carbonyl (C=O) groups excluding carboxylic acids is 3. The molecule has 9 nitrogen and oxygen atoms in total. The first kappa shape index (κ1) is 24.8. The van der Waals surface area contributed by atoms with E-state index in [0.29, 0.717) is 23.8 Å². The third-order valence-electron chi connectivity index (χ3n) is 6.35. The highest BCUT2D eigenvalue weighted by Gasteiger charge is 2.35. The lowest BCUT2D eigenvalue weighted by Gasteiger charge is -2.39. The average Bonchev–Trinajstić information content (AvgIpc) is 2.87. The van der Waals surface area contributed by atoms with Gasteiger partial charge in [0.25, 0.3) is 0 Å². The van der Waals surface area contributed by atoms with Crippen LogP contribution in [0.25, 0.3) is 0 Å². The molecule has 2 N–H and O–H groups in total. The number of para-hydroxylation sites is 1. The number of piperazine rings is 2. The number of anilines is 2. The fourth-order valence-electron chi connectivity index (χ4n) is 4.39. The van der Waals surface area contributed by atoms with Crippen molar-refractivity contribution >= 4 is 40.7 Å². The standard InChI is InChI=1S/C25H30ClN5O4/c1-35-19-8-6-18(7-9-19)30-14-12-29(13-15-30)17-24(33)31-11-10-27-25(34)22(31)16-23(32)28-21-5-3-2-4-20(21)26/h2-9,22H,10-17H2,1H3,(H,27,34)(H,28,32)/t22-/m1/s1. The van der Waals surface area contributed by atoms with Crippen LogP contribution >= 0.6 is 11.6 Å². The van der Waals surface area contributed by atoms with E-state index < -0.39 is 6.04 Å². The van der Waals surface area contributed by atoms with Gasteiger partial charge in [0.15, 0.2) is 0 Å². The molecule has 2 aliphatic rings. The molecule has 2 aliphatic heterocycles. The Hall–Kier alpha value is -3.30. The van der Waals surface area contributed by atoms with E-state index in [9.17, 15) is 14.4 Å². The summed E-state index contributed by atoms with van der Waals surface area (Å²) in [6.45, 7) is 4.02. The molecule has 0 bridgehead atoms. The SMILES string of the molecule is COc1ccc(N2CCN(CC(=O)N3CCNC(=O)[C@H]3CC(=O)Nc3ccccc3Cl)CC2)cc1. The van der Waals surface area contributed by atoms with Gasteiger partial charge in [0.1, 0.15) is 11.8 Å². The molecule has 2 heterocycles. The number of carbonyl (C=O) groups is 3. The van der Waals surface area contributed by atoms with Crippen molar-refractivity contribution in [2.75, 3.05) is 63.1 Å².